The molecule has 0 atom stereocenters. The first-order valence-corrected chi connectivity index (χ1v) is 7.27. The molecule has 0 spiro atoms. The molecule has 0 bridgehead atoms. The average Bonchev–Trinajstić information content (AvgIpc) is 2.54. The lowest BCUT2D eigenvalue weighted by atomic mass is 10.2. The molecule has 1 heterocycles. The largest absolute Gasteiger partial charge is 0.481 e. The minimum Gasteiger partial charge on any atom is -0.481 e. The maximum Gasteiger partial charge on any atom is 0.291 e. The predicted molar refractivity (Wildman–Crippen MR) is 83.1 cm³/mol. The molecule has 0 unspecified atom stereocenters. The van der Waals surface area contributed by atoms with Crippen LogP contribution in [-0.4, -0.2) is 12.5 Å². The minimum atomic E-state index is -0.446. The molecular weight excluding hydrogens is 282 g/mol. The highest BCUT2D eigenvalue weighted by Gasteiger charge is 2.20. The second kappa shape index (κ2) is 7.45. The van der Waals surface area contributed by atoms with Crippen molar-refractivity contribution in [1.29, 1.82) is 0 Å². The molecule has 2 aromatic rings. The molecule has 5 nitrogen and oxygen atoms in total. The van der Waals surface area contributed by atoms with Gasteiger partial charge in [0, 0.05) is 19.0 Å². The minimum absolute atomic E-state index is 0.0491. The van der Waals surface area contributed by atoms with Crippen LogP contribution in [0.3, 0.4) is 0 Å². The van der Waals surface area contributed by atoms with Gasteiger partial charge in [0.05, 0.1) is 0 Å². The molecule has 0 fully saturated rings. The van der Waals surface area contributed by atoms with E-state index in [1.54, 1.807) is 6.92 Å². The van der Waals surface area contributed by atoms with Crippen LogP contribution >= 0.6 is 0 Å². The second-order valence-corrected chi connectivity index (χ2v) is 4.72. The lowest BCUT2D eigenvalue weighted by Crippen LogP contribution is -2.25. The molecule has 0 aliphatic rings. The molecule has 1 aromatic heterocycles. The van der Waals surface area contributed by atoms with E-state index in [4.69, 9.17) is 9.15 Å². The smallest absolute Gasteiger partial charge is 0.291 e. The molecule has 22 heavy (non-hydrogen) atoms. The summed E-state index contributed by atoms with van der Waals surface area (Å²) in [6.45, 7) is 4.29. The molecule has 0 radical (unpaired) electrons. The van der Waals surface area contributed by atoms with E-state index in [2.05, 4.69) is 5.32 Å². The van der Waals surface area contributed by atoms with E-state index in [9.17, 15) is 9.59 Å². The SMILES string of the molecule is CCNC(=O)c1oc(CC)cc(=O)c1OCc1ccccc1. The number of nitrogens with one attached hydrogen (secondary N) is 1. The van der Waals surface area contributed by atoms with Crippen LogP contribution in [-0.2, 0) is 13.0 Å². The Morgan fingerprint density at radius 3 is 2.59 bits per heavy atom. The van der Waals surface area contributed by atoms with Crippen LogP contribution in [0.2, 0.25) is 0 Å². The highest BCUT2D eigenvalue weighted by atomic mass is 16.5. The first-order chi connectivity index (χ1) is 10.7. The number of aryl methyl sites for hydroxylation is 1. The zero-order valence-corrected chi connectivity index (χ0v) is 12.7. The normalized spacial score (nSPS) is 10.3. The van der Waals surface area contributed by atoms with Crippen LogP contribution in [0.25, 0.3) is 0 Å². The van der Waals surface area contributed by atoms with Crippen molar-refractivity contribution < 1.29 is 13.9 Å². The van der Waals surface area contributed by atoms with Crippen LogP contribution in [0.1, 0.15) is 35.7 Å². The van der Waals surface area contributed by atoms with Crippen molar-refractivity contribution in [1.82, 2.24) is 5.32 Å². The van der Waals surface area contributed by atoms with Gasteiger partial charge in [0.15, 0.2) is 0 Å². The van der Waals surface area contributed by atoms with Gasteiger partial charge in [-0.3, -0.25) is 9.59 Å². The summed E-state index contributed by atoms with van der Waals surface area (Å²) in [7, 11) is 0. The number of carbonyl (C=O) groups is 1. The molecule has 116 valence electrons. The van der Waals surface area contributed by atoms with E-state index in [0.717, 1.165) is 5.56 Å². The molecular formula is C17H19NO4. The average molecular weight is 301 g/mol. The van der Waals surface area contributed by atoms with Crippen LogP contribution in [0, 0.1) is 0 Å². The zero-order chi connectivity index (χ0) is 15.9. The molecule has 1 amide bonds. The number of rotatable bonds is 6. The van der Waals surface area contributed by atoms with E-state index < -0.39 is 5.91 Å². The first-order valence-electron chi connectivity index (χ1n) is 7.27. The number of ether oxygens (including phenoxy) is 1. The van der Waals surface area contributed by atoms with Gasteiger partial charge in [-0.25, -0.2) is 0 Å². The van der Waals surface area contributed by atoms with Crippen molar-refractivity contribution in [3.63, 3.8) is 0 Å². The fourth-order valence-electron chi connectivity index (χ4n) is 1.96. The van der Waals surface area contributed by atoms with Crippen molar-refractivity contribution in [2.24, 2.45) is 0 Å². The van der Waals surface area contributed by atoms with Crippen molar-refractivity contribution >= 4 is 5.91 Å². The first kappa shape index (κ1) is 15.8. The summed E-state index contributed by atoms with van der Waals surface area (Å²) in [6, 6.07) is 10.8. The fraction of sp³-hybridized carbons (Fsp3) is 0.294. The summed E-state index contributed by atoms with van der Waals surface area (Å²) in [6.07, 6.45) is 0.528. The highest BCUT2D eigenvalue weighted by Crippen LogP contribution is 2.17. The van der Waals surface area contributed by atoms with Gasteiger partial charge in [0.2, 0.25) is 16.9 Å². The molecule has 0 saturated carbocycles. The highest BCUT2D eigenvalue weighted by molar-refractivity contribution is 5.93. The van der Waals surface area contributed by atoms with Gasteiger partial charge in [-0.15, -0.1) is 0 Å². The fourth-order valence-corrected chi connectivity index (χ4v) is 1.96. The summed E-state index contributed by atoms with van der Waals surface area (Å²) in [5.41, 5.74) is 0.559. The molecule has 2 rings (SSSR count). The summed E-state index contributed by atoms with van der Waals surface area (Å²) in [5.74, 6) is -0.106. The third-order valence-corrected chi connectivity index (χ3v) is 3.07. The van der Waals surface area contributed by atoms with Crippen molar-refractivity contribution in [2.45, 2.75) is 26.9 Å². The molecule has 1 aromatic carbocycles. The van der Waals surface area contributed by atoms with Gasteiger partial charge in [-0.1, -0.05) is 37.3 Å². The monoisotopic (exact) mass is 301 g/mol. The standard InChI is InChI=1S/C17H19NO4/c1-3-13-10-14(19)15(16(22-13)17(20)18-4-2)21-11-12-8-6-5-7-9-12/h5-10H,3-4,11H2,1-2H3,(H,18,20). The van der Waals surface area contributed by atoms with Gasteiger partial charge in [0.25, 0.3) is 5.91 Å². The van der Waals surface area contributed by atoms with Crippen LogP contribution < -0.4 is 15.5 Å². The Bertz CT molecular complexity index is 692. The van der Waals surface area contributed by atoms with Gasteiger partial charge < -0.3 is 14.5 Å². The molecule has 0 saturated heterocycles. The van der Waals surface area contributed by atoms with E-state index in [1.165, 1.54) is 6.07 Å². The quantitative estimate of drug-likeness (QED) is 0.890. The Kier molecular flexibility index (Phi) is 5.36. The Balaban J connectivity index is 2.32. The summed E-state index contributed by atoms with van der Waals surface area (Å²) in [5, 5.41) is 2.63. The summed E-state index contributed by atoms with van der Waals surface area (Å²) < 4.78 is 11.1. The van der Waals surface area contributed by atoms with E-state index in [1.807, 2.05) is 37.3 Å². The predicted octanol–water partition coefficient (Wildman–Crippen LogP) is 2.53. The van der Waals surface area contributed by atoms with Gasteiger partial charge in [0.1, 0.15) is 12.4 Å². The molecule has 0 aliphatic heterocycles. The zero-order valence-electron chi connectivity index (χ0n) is 12.7. The topological polar surface area (TPSA) is 68.5 Å². The van der Waals surface area contributed by atoms with E-state index in [0.29, 0.717) is 18.7 Å². The lowest BCUT2D eigenvalue weighted by molar-refractivity contribution is 0.0914. The number of hydrogen-bond donors (Lipinski definition) is 1. The second-order valence-electron chi connectivity index (χ2n) is 4.72. The van der Waals surface area contributed by atoms with Crippen LogP contribution in [0.4, 0.5) is 0 Å². The van der Waals surface area contributed by atoms with E-state index >= 15 is 0 Å². The van der Waals surface area contributed by atoms with Gasteiger partial charge in [-0.05, 0) is 12.5 Å². The molecule has 5 heteroatoms. The number of carbonyl (C=O) groups excluding carboxylic acids is 1. The Labute approximate surface area is 128 Å². The molecule has 1 N–H and O–H groups in total. The van der Waals surface area contributed by atoms with Gasteiger partial charge in [-0.2, -0.15) is 0 Å². The third kappa shape index (κ3) is 3.75. The van der Waals surface area contributed by atoms with Gasteiger partial charge >= 0.3 is 0 Å². The van der Waals surface area contributed by atoms with E-state index in [-0.39, 0.29) is 23.5 Å². The molecule has 0 aliphatic carbocycles. The maximum atomic E-state index is 12.2. The van der Waals surface area contributed by atoms with Crippen molar-refractivity contribution in [2.75, 3.05) is 6.54 Å². The van der Waals surface area contributed by atoms with Crippen LogP contribution in [0.15, 0.2) is 45.6 Å². The third-order valence-electron chi connectivity index (χ3n) is 3.07. The number of hydrogen-bond acceptors (Lipinski definition) is 4. The number of benzene rings is 1. The Hall–Kier alpha value is -2.56. The number of amides is 1. The summed E-state index contributed by atoms with van der Waals surface area (Å²) in [4.78, 5) is 24.3. The van der Waals surface area contributed by atoms with Crippen molar-refractivity contribution in [3.8, 4) is 5.75 Å². The van der Waals surface area contributed by atoms with Crippen LogP contribution in [0.5, 0.6) is 5.75 Å². The lowest BCUT2D eigenvalue weighted by Gasteiger charge is -2.11. The Morgan fingerprint density at radius 1 is 1.23 bits per heavy atom. The summed E-state index contributed by atoms with van der Waals surface area (Å²) >= 11 is 0. The Morgan fingerprint density at radius 2 is 1.95 bits per heavy atom. The van der Waals surface area contributed by atoms with Crippen molar-refractivity contribution in [3.05, 3.63) is 63.7 Å². The maximum absolute atomic E-state index is 12.2.